The first-order valence-corrected chi connectivity index (χ1v) is 14.5. The molecule has 1 aliphatic carbocycles. The van der Waals surface area contributed by atoms with Crippen LogP contribution in [0.2, 0.25) is 5.02 Å². The maximum absolute atomic E-state index is 16.6. The molecular formula is C31H33ClFN5O. The van der Waals surface area contributed by atoms with E-state index in [4.69, 9.17) is 21.3 Å². The van der Waals surface area contributed by atoms with Gasteiger partial charge in [0.25, 0.3) is 0 Å². The van der Waals surface area contributed by atoms with Crippen molar-refractivity contribution in [1.82, 2.24) is 19.9 Å². The second-order valence-electron chi connectivity index (χ2n) is 11.7. The standard InChI is InChI=1S/C31H33ClFN5O/c1-18-12-21-6-3-4-8-23(21)25(26(18)32)29-27(33)28-24(14-34-29)30(38-15-19-9-10-20(13-19)16-38)36-31(35-28)39-17-22-7-5-11-37(22)2/h3-4,6,8,12,14,19-20,22H,5,7,9-11,13,15-17H2,1-2H3/t19?,20?,22-/m0/s1. The Labute approximate surface area is 233 Å². The molecule has 2 aromatic carbocycles. The van der Waals surface area contributed by atoms with Crippen molar-refractivity contribution >= 4 is 39.1 Å². The van der Waals surface area contributed by atoms with Crippen LogP contribution >= 0.6 is 11.6 Å². The number of nitrogens with zero attached hydrogens (tertiary/aromatic N) is 5. The number of benzene rings is 2. The van der Waals surface area contributed by atoms with Gasteiger partial charge < -0.3 is 14.5 Å². The normalized spacial score (nSPS) is 23.3. The molecule has 1 saturated carbocycles. The summed E-state index contributed by atoms with van der Waals surface area (Å²) in [4.78, 5) is 18.8. The molecule has 3 aliphatic rings. The summed E-state index contributed by atoms with van der Waals surface area (Å²) in [5.41, 5.74) is 1.91. The van der Waals surface area contributed by atoms with E-state index in [0.717, 1.165) is 54.6 Å². The van der Waals surface area contributed by atoms with E-state index in [1.54, 1.807) is 6.20 Å². The van der Waals surface area contributed by atoms with Gasteiger partial charge >= 0.3 is 6.01 Å². The fraction of sp³-hybridized carbons (Fsp3) is 0.452. The zero-order valence-electron chi connectivity index (χ0n) is 22.5. The van der Waals surface area contributed by atoms with E-state index in [-0.39, 0.29) is 17.2 Å². The molecule has 0 radical (unpaired) electrons. The molecule has 2 saturated heterocycles. The number of hydrogen-bond donors (Lipinski definition) is 0. The number of anilines is 1. The number of likely N-dealkylation sites (N-methyl/N-ethyl adjacent to an activating group) is 1. The molecule has 4 heterocycles. The van der Waals surface area contributed by atoms with Gasteiger partial charge in [-0.3, -0.25) is 4.98 Å². The van der Waals surface area contributed by atoms with Crippen LogP contribution in [0.5, 0.6) is 6.01 Å². The molecule has 7 rings (SSSR count). The van der Waals surface area contributed by atoms with Crippen LogP contribution in [0.25, 0.3) is 32.9 Å². The van der Waals surface area contributed by atoms with Crippen molar-refractivity contribution in [3.63, 3.8) is 0 Å². The van der Waals surface area contributed by atoms with Crippen molar-refractivity contribution in [3.8, 4) is 17.3 Å². The van der Waals surface area contributed by atoms with E-state index in [0.29, 0.717) is 40.5 Å². The third-order valence-electron chi connectivity index (χ3n) is 9.03. The summed E-state index contributed by atoms with van der Waals surface area (Å²) in [5, 5.41) is 2.98. The highest BCUT2D eigenvalue weighted by molar-refractivity contribution is 6.36. The predicted molar refractivity (Wildman–Crippen MR) is 154 cm³/mol. The summed E-state index contributed by atoms with van der Waals surface area (Å²) in [7, 11) is 2.12. The van der Waals surface area contributed by atoms with E-state index < -0.39 is 5.82 Å². The molecule has 4 aromatic rings. The number of aromatic nitrogens is 3. The molecule has 2 aromatic heterocycles. The third-order valence-corrected chi connectivity index (χ3v) is 9.52. The molecule has 0 spiro atoms. The highest BCUT2D eigenvalue weighted by Crippen LogP contribution is 2.42. The fourth-order valence-corrected chi connectivity index (χ4v) is 7.18. The Morgan fingerprint density at radius 3 is 2.64 bits per heavy atom. The van der Waals surface area contributed by atoms with E-state index in [2.05, 4.69) is 26.8 Å². The number of hydrogen-bond acceptors (Lipinski definition) is 6. The van der Waals surface area contributed by atoms with Crippen LogP contribution in [0, 0.1) is 24.6 Å². The second-order valence-corrected chi connectivity index (χ2v) is 12.0. The van der Waals surface area contributed by atoms with Gasteiger partial charge in [0, 0.05) is 30.9 Å². The van der Waals surface area contributed by atoms with Crippen LogP contribution < -0.4 is 9.64 Å². The van der Waals surface area contributed by atoms with E-state index in [9.17, 15) is 0 Å². The molecule has 39 heavy (non-hydrogen) atoms. The van der Waals surface area contributed by atoms with Crippen molar-refractivity contribution in [2.75, 3.05) is 38.2 Å². The number of piperidine rings is 1. The number of rotatable bonds is 5. The van der Waals surface area contributed by atoms with Gasteiger partial charge in [0.1, 0.15) is 23.6 Å². The lowest BCUT2D eigenvalue weighted by molar-refractivity contribution is 0.188. The highest BCUT2D eigenvalue weighted by Gasteiger charge is 2.35. The largest absolute Gasteiger partial charge is 0.462 e. The van der Waals surface area contributed by atoms with Gasteiger partial charge in [-0.2, -0.15) is 9.97 Å². The molecule has 0 N–H and O–H groups in total. The van der Waals surface area contributed by atoms with Crippen LogP contribution in [0.1, 0.15) is 37.7 Å². The van der Waals surface area contributed by atoms with Crippen LogP contribution in [0.3, 0.4) is 0 Å². The molecule has 8 heteroatoms. The summed E-state index contributed by atoms with van der Waals surface area (Å²) in [6.07, 6.45) is 7.72. The quantitative estimate of drug-likeness (QED) is 0.280. The van der Waals surface area contributed by atoms with Gasteiger partial charge in [-0.15, -0.1) is 0 Å². The number of ether oxygens (including phenoxy) is 1. The minimum absolute atomic E-state index is 0.206. The average Bonchev–Trinajstić information content (AvgIpc) is 3.51. The summed E-state index contributed by atoms with van der Waals surface area (Å²) in [6, 6.07) is 10.5. The summed E-state index contributed by atoms with van der Waals surface area (Å²) in [5.74, 6) is 1.54. The fourth-order valence-electron chi connectivity index (χ4n) is 6.94. The van der Waals surface area contributed by atoms with Gasteiger partial charge in [0.2, 0.25) is 0 Å². The van der Waals surface area contributed by atoms with Crippen molar-refractivity contribution in [3.05, 3.63) is 52.9 Å². The monoisotopic (exact) mass is 545 g/mol. The van der Waals surface area contributed by atoms with Crippen LogP contribution in [0.4, 0.5) is 10.2 Å². The molecule has 3 atom stereocenters. The SMILES string of the molecule is Cc1cc2ccccc2c(-c2ncc3c(N4CC5CCC(C5)C4)nc(OC[C@@H]4CCCN4C)nc3c2F)c1Cl. The first kappa shape index (κ1) is 25.0. The Morgan fingerprint density at radius 2 is 1.87 bits per heavy atom. The molecule has 2 unspecified atom stereocenters. The minimum atomic E-state index is -0.489. The van der Waals surface area contributed by atoms with Crippen LogP contribution in [-0.2, 0) is 0 Å². The second kappa shape index (κ2) is 9.86. The van der Waals surface area contributed by atoms with Crippen molar-refractivity contribution < 1.29 is 9.13 Å². The number of halogens is 2. The lowest BCUT2D eigenvalue weighted by Gasteiger charge is -2.33. The molecule has 202 valence electrons. The number of aryl methyl sites for hydroxylation is 1. The van der Waals surface area contributed by atoms with Crippen LogP contribution in [-0.4, -0.2) is 59.2 Å². The zero-order chi connectivity index (χ0) is 26.7. The Balaban J connectivity index is 1.38. The van der Waals surface area contributed by atoms with Crippen molar-refractivity contribution in [1.29, 1.82) is 0 Å². The first-order valence-electron chi connectivity index (χ1n) is 14.1. The molecule has 2 bridgehead atoms. The zero-order valence-corrected chi connectivity index (χ0v) is 23.2. The lowest BCUT2D eigenvalue weighted by atomic mass is 9.97. The molecular weight excluding hydrogens is 513 g/mol. The van der Waals surface area contributed by atoms with Crippen molar-refractivity contribution in [2.45, 2.75) is 45.1 Å². The molecule has 0 amide bonds. The Bertz CT molecular complexity index is 1570. The van der Waals surface area contributed by atoms with Gasteiger partial charge in [-0.05, 0) is 86.9 Å². The maximum Gasteiger partial charge on any atom is 0.319 e. The average molecular weight is 546 g/mol. The summed E-state index contributed by atoms with van der Waals surface area (Å²) >= 11 is 6.81. The number of fused-ring (bicyclic) bond motifs is 4. The van der Waals surface area contributed by atoms with Crippen LogP contribution in [0.15, 0.2) is 36.5 Å². The smallest absolute Gasteiger partial charge is 0.319 e. The summed E-state index contributed by atoms with van der Waals surface area (Å²) < 4.78 is 22.8. The lowest BCUT2D eigenvalue weighted by Crippen LogP contribution is -2.37. The first-order chi connectivity index (χ1) is 19.0. The summed E-state index contributed by atoms with van der Waals surface area (Å²) in [6.45, 7) is 5.33. The number of pyridine rings is 1. The molecule has 3 fully saturated rings. The van der Waals surface area contributed by atoms with E-state index in [1.807, 2.05) is 37.3 Å². The van der Waals surface area contributed by atoms with Gasteiger partial charge in [0.05, 0.1) is 10.4 Å². The highest BCUT2D eigenvalue weighted by atomic mass is 35.5. The Morgan fingerprint density at radius 1 is 1.08 bits per heavy atom. The van der Waals surface area contributed by atoms with Gasteiger partial charge in [-0.25, -0.2) is 4.39 Å². The molecule has 2 aliphatic heterocycles. The topological polar surface area (TPSA) is 54.4 Å². The predicted octanol–water partition coefficient (Wildman–Crippen LogP) is 6.66. The third kappa shape index (κ3) is 4.40. The van der Waals surface area contributed by atoms with E-state index >= 15 is 4.39 Å². The number of likely N-dealkylation sites (tertiary alicyclic amines) is 1. The maximum atomic E-state index is 16.6. The molecule has 6 nitrogen and oxygen atoms in total. The van der Waals surface area contributed by atoms with Gasteiger partial charge in [0.15, 0.2) is 5.82 Å². The Hall–Kier alpha value is -3.03. The van der Waals surface area contributed by atoms with Gasteiger partial charge in [-0.1, -0.05) is 35.9 Å². The minimum Gasteiger partial charge on any atom is -0.462 e. The van der Waals surface area contributed by atoms with Crippen molar-refractivity contribution in [2.24, 2.45) is 11.8 Å². The Kier molecular flexibility index (Phi) is 6.31. The van der Waals surface area contributed by atoms with E-state index in [1.165, 1.54) is 19.3 Å².